The number of hydrogen-bond acceptors (Lipinski definition) is 5. The zero-order valence-corrected chi connectivity index (χ0v) is 32.3. The number of pyridine rings is 1. The molecule has 1 radical (unpaired) electrons. The van der Waals surface area contributed by atoms with E-state index in [9.17, 15) is 4.79 Å². The fourth-order valence-electron chi connectivity index (χ4n) is 6.20. The number of nitrogens with zero attached hydrogens (tertiary/aromatic N) is 3. The number of allylic oxidation sites excluding steroid dienone is 2. The number of thiophene rings is 1. The molecule has 7 aromatic rings. The Balaban J connectivity index is 0.000000553. The number of carbonyl (C=O) groups is 1. The standard InChI is InChI=1S/C38H32N3S.C5H8O2.Ir/c1-24(2)30-21-29(26-10-6-5-7-11-26)22-31(25(3)4)37(30)41-35-13-9-8-12-34(35)40-38(41)33-23-42-36-15-14-28(20-32(33)36)27-16-18-39-19-17-27;1-4(6)3-5(2)7;/h5-22,24-25H,1-4H3;3,6H,1-2H3;/q-1;;/b;4-3-;. The smallest absolute Gasteiger partial charge is 0.155 e. The fraction of sp³-hybridized carbons (Fsp3) is 0.186. The van der Waals surface area contributed by atoms with Crippen molar-refractivity contribution in [2.45, 2.75) is 53.4 Å². The molecule has 0 aliphatic rings. The number of rotatable bonds is 7. The number of aromatic nitrogens is 3. The van der Waals surface area contributed by atoms with Crippen molar-refractivity contribution in [3.05, 3.63) is 138 Å². The van der Waals surface area contributed by atoms with E-state index in [1.807, 2.05) is 12.4 Å². The molecule has 0 saturated heterocycles. The maximum absolute atomic E-state index is 10.0. The van der Waals surface area contributed by atoms with Crippen LogP contribution in [0, 0.1) is 5.38 Å². The van der Waals surface area contributed by atoms with Crippen LogP contribution in [0.1, 0.15) is 64.5 Å². The second kappa shape index (κ2) is 15.9. The molecule has 0 spiro atoms. The van der Waals surface area contributed by atoms with Crippen LogP contribution in [-0.4, -0.2) is 25.4 Å². The number of carbonyl (C=O) groups excluding carboxylic acids is 1. The summed E-state index contributed by atoms with van der Waals surface area (Å²) in [5.74, 6) is 1.51. The summed E-state index contributed by atoms with van der Waals surface area (Å²) >= 11 is 1.66. The average molecular weight is 855 g/mol. The van der Waals surface area contributed by atoms with Gasteiger partial charge in [0.05, 0.1) is 22.6 Å². The quantitative estimate of drug-likeness (QED) is 0.0985. The largest absolute Gasteiger partial charge is 0.512 e. The molecule has 0 bridgehead atoms. The zero-order chi connectivity index (χ0) is 34.7. The Kier molecular flexibility index (Phi) is 11.6. The third-order valence-electron chi connectivity index (χ3n) is 8.47. The van der Waals surface area contributed by atoms with Gasteiger partial charge < -0.3 is 9.67 Å². The van der Waals surface area contributed by atoms with E-state index < -0.39 is 0 Å². The predicted octanol–water partition coefficient (Wildman–Crippen LogP) is 11.7. The second-order valence-electron chi connectivity index (χ2n) is 12.9. The summed E-state index contributed by atoms with van der Waals surface area (Å²) in [4.78, 5) is 19.5. The predicted molar refractivity (Wildman–Crippen MR) is 205 cm³/mol. The third kappa shape index (κ3) is 7.71. The van der Waals surface area contributed by atoms with E-state index in [2.05, 4.69) is 140 Å². The van der Waals surface area contributed by atoms with Crippen molar-refractivity contribution >= 4 is 38.2 Å². The molecule has 7 rings (SSSR count). The molecule has 3 heterocycles. The molecule has 0 amide bonds. The molecule has 0 atom stereocenters. The van der Waals surface area contributed by atoms with Crippen molar-refractivity contribution in [2.24, 2.45) is 0 Å². The molecular formula is C43H40IrN3O2S-. The van der Waals surface area contributed by atoms with Crippen molar-refractivity contribution in [3.63, 3.8) is 0 Å². The van der Waals surface area contributed by atoms with Gasteiger partial charge in [-0.1, -0.05) is 104 Å². The molecule has 0 aliphatic heterocycles. The molecule has 0 fully saturated rings. The van der Waals surface area contributed by atoms with Gasteiger partial charge in [-0.3, -0.25) is 26.1 Å². The number of aliphatic hydroxyl groups is 1. The van der Waals surface area contributed by atoms with Crippen molar-refractivity contribution in [3.8, 4) is 39.3 Å². The van der Waals surface area contributed by atoms with E-state index in [0.717, 1.165) is 28.0 Å². The number of hydrogen-bond donors (Lipinski definition) is 1. The summed E-state index contributed by atoms with van der Waals surface area (Å²) < 4.78 is 3.61. The van der Waals surface area contributed by atoms with E-state index in [1.165, 1.54) is 63.5 Å². The minimum atomic E-state index is -0.125. The van der Waals surface area contributed by atoms with Crippen LogP contribution in [-0.2, 0) is 24.9 Å². The van der Waals surface area contributed by atoms with Gasteiger partial charge in [0.2, 0.25) is 0 Å². The molecule has 1 N–H and O–H groups in total. The molecule has 0 aliphatic carbocycles. The first-order valence-corrected chi connectivity index (χ1v) is 17.4. The van der Waals surface area contributed by atoms with Gasteiger partial charge in [-0.05, 0) is 95.5 Å². The Hall–Kier alpha value is -4.68. The van der Waals surface area contributed by atoms with Gasteiger partial charge in [-0.15, -0.1) is 5.39 Å². The van der Waals surface area contributed by atoms with Crippen LogP contribution in [0.25, 0.3) is 60.4 Å². The number of aliphatic hydroxyl groups excluding tert-OH is 1. The van der Waals surface area contributed by atoms with Crippen molar-refractivity contribution in [1.82, 2.24) is 14.5 Å². The molecule has 0 saturated carbocycles. The Labute approximate surface area is 311 Å². The van der Waals surface area contributed by atoms with Crippen LogP contribution < -0.4 is 0 Å². The first-order chi connectivity index (χ1) is 23.6. The van der Waals surface area contributed by atoms with E-state index >= 15 is 0 Å². The van der Waals surface area contributed by atoms with Crippen LogP contribution in [0.2, 0.25) is 0 Å². The topological polar surface area (TPSA) is 68.0 Å². The van der Waals surface area contributed by atoms with Gasteiger partial charge in [-0.25, -0.2) is 0 Å². The number of ketones is 1. The summed E-state index contributed by atoms with van der Waals surface area (Å²) in [7, 11) is 0. The van der Waals surface area contributed by atoms with Crippen LogP contribution in [0.15, 0.2) is 121 Å². The first kappa shape index (κ1) is 36.6. The van der Waals surface area contributed by atoms with Gasteiger partial charge in [0.25, 0.3) is 0 Å². The number of benzene rings is 4. The van der Waals surface area contributed by atoms with Crippen molar-refractivity contribution in [1.29, 1.82) is 0 Å². The fourth-order valence-corrected chi connectivity index (χ4v) is 7.02. The normalized spacial score (nSPS) is 11.5. The molecule has 3 aromatic heterocycles. The molecule has 5 nitrogen and oxygen atoms in total. The maximum Gasteiger partial charge on any atom is 0.155 e. The summed E-state index contributed by atoms with van der Waals surface area (Å²) in [6.45, 7) is 12.0. The van der Waals surface area contributed by atoms with Gasteiger partial charge in [-0.2, -0.15) is 0 Å². The first-order valence-electron chi connectivity index (χ1n) is 16.6. The van der Waals surface area contributed by atoms with E-state index in [-0.39, 0.29) is 31.6 Å². The molecule has 0 unspecified atom stereocenters. The number of imidazole rings is 1. The summed E-state index contributed by atoms with van der Waals surface area (Å²) in [6, 6.07) is 34.8. The van der Waals surface area contributed by atoms with Crippen LogP contribution in [0.5, 0.6) is 0 Å². The van der Waals surface area contributed by atoms with E-state index in [4.69, 9.17) is 10.1 Å². The Bertz CT molecular complexity index is 2250. The number of fused-ring (bicyclic) bond motifs is 2. The Morgan fingerprint density at radius 3 is 2.00 bits per heavy atom. The zero-order valence-electron chi connectivity index (χ0n) is 29.1. The number of para-hydroxylation sites is 2. The van der Waals surface area contributed by atoms with Crippen LogP contribution in [0.3, 0.4) is 0 Å². The Morgan fingerprint density at radius 2 is 1.40 bits per heavy atom. The van der Waals surface area contributed by atoms with Crippen LogP contribution >= 0.6 is 11.3 Å². The third-order valence-corrected chi connectivity index (χ3v) is 9.35. The van der Waals surface area contributed by atoms with Crippen molar-refractivity contribution in [2.75, 3.05) is 0 Å². The minimum Gasteiger partial charge on any atom is -0.512 e. The van der Waals surface area contributed by atoms with Gasteiger partial charge in [0.1, 0.15) is 0 Å². The molecule has 7 heteroatoms. The van der Waals surface area contributed by atoms with Gasteiger partial charge in [0.15, 0.2) is 5.78 Å². The Morgan fingerprint density at radius 1 is 0.780 bits per heavy atom. The monoisotopic (exact) mass is 855 g/mol. The van der Waals surface area contributed by atoms with E-state index in [1.54, 1.807) is 11.3 Å². The molecule has 4 aromatic carbocycles. The second-order valence-corrected chi connectivity index (χ2v) is 13.7. The van der Waals surface area contributed by atoms with Gasteiger partial charge >= 0.3 is 0 Å². The van der Waals surface area contributed by atoms with Gasteiger partial charge in [0, 0.05) is 44.3 Å². The summed E-state index contributed by atoms with van der Waals surface area (Å²) in [6.07, 6.45) is 4.86. The molecule has 255 valence electrons. The summed E-state index contributed by atoms with van der Waals surface area (Å²) in [5.41, 5.74) is 11.8. The maximum atomic E-state index is 10.0. The summed E-state index contributed by atoms with van der Waals surface area (Å²) in [5, 5.41) is 13.2. The SMILES string of the molecule is CC(=O)/C=C(/C)O.CC(C)c1cc(-c2ccccc2)cc(C(C)C)c1-n1c(-c2[c-]sc3ccc(-c4ccncc4)cc23)nc2ccccc21.[Ir]. The average Bonchev–Trinajstić information content (AvgIpc) is 3.69. The minimum absolute atomic E-state index is 0. The van der Waals surface area contributed by atoms with Crippen molar-refractivity contribution < 1.29 is 30.0 Å². The van der Waals surface area contributed by atoms with Crippen LogP contribution in [0.4, 0.5) is 0 Å². The molecular weight excluding hydrogens is 815 g/mol. The molecule has 50 heavy (non-hydrogen) atoms. The van der Waals surface area contributed by atoms with E-state index in [0.29, 0.717) is 11.8 Å².